The van der Waals surface area contributed by atoms with Gasteiger partial charge in [0.05, 0.1) is 17.6 Å². The van der Waals surface area contributed by atoms with Crippen molar-refractivity contribution in [2.45, 2.75) is 19.0 Å². The van der Waals surface area contributed by atoms with Crippen molar-refractivity contribution in [3.05, 3.63) is 40.6 Å². The molecule has 1 aliphatic heterocycles. The zero-order valence-electron chi connectivity index (χ0n) is 11.5. The number of anilines is 1. The molecule has 0 aromatic carbocycles. The molecule has 116 valence electrons. The summed E-state index contributed by atoms with van der Waals surface area (Å²) in [4.78, 5) is 24.5. The van der Waals surface area contributed by atoms with E-state index in [1.807, 2.05) is 4.90 Å². The highest BCUT2D eigenvalue weighted by Crippen LogP contribution is 2.32. The van der Waals surface area contributed by atoms with Crippen molar-refractivity contribution in [2.24, 2.45) is 0 Å². The van der Waals surface area contributed by atoms with Crippen molar-refractivity contribution in [1.29, 1.82) is 0 Å². The van der Waals surface area contributed by atoms with Crippen LogP contribution in [0, 0.1) is 0 Å². The van der Waals surface area contributed by atoms with Crippen molar-refractivity contribution in [1.82, 2.24) is 15.0 Å². The zero-order chi connectivity index (χ0) is 15.7. The fourth-order valence-electron chi connectivity index (χ4n) is 2.53. The van der Waals surface area contributed by atoms with Gasteiger partial charge in [0.25, 0.3) is 5.56 Å². The fraction of sp³-hybridized carbons (Fsp3) is 0.357. The number of hydrogen-bond donors (Lipinski definition) is 1. The summed E-state index contributed by atoms with van der Waals surface area (Å²) in [5.41, 5.74) is -1.28. The Morgan fingerprint density at radius 1 is 1.18 bits per heavy atom. The van der Waals surface area contributed by atoms with Gasteiger partial charge in [0.2, 0.25) is 0 Å². The molecule has 0 bridgehead atoms. The van der Waals surface area contributed by atoms with Crippen LogP contribution in [0.15, 0.2) is 29.5 Å². The van der Waals surface area contributed by atoms with Gasteiger partial charge in [-0.3, -0.25) is 9.78 Å². The molecule has 0 atom stereocenters. The van der Waals surface area contributed by atoms with Crippen LogP contribution in [0.1, 0.15) is 18.4 Å². The first-order valence-corrected chi connectivity index (χ1v) is 6.83. The number of aromatic amines is 1. The number of aromatic nitrogens is 3. The van der Waals surface area contributed by atoms with Gasteiger partial charge in [-0.15, -0.1) is 0 Å². The predicted octanol–water partition coefficient (Wildman–Crippen LogP) is 2.45. The summed E-state index contributed by atoms with van der Waals surface area (Å²) in [5.74, 6) is 0.382. The summed E-state index contributed by atoms with van der Waals surface area (Å²) in [7, 11) is 0. The van der Waals surface area contributed by atoms with Crippen LogP contribution in [0.2, 0.25) is 0 Å². The van der Waals surface area contributed by atoms with E-state index in [2.05, 4.69) is 15.0 Å². The molecule has 8 heteroatoms. The average molecular weight is 310 g/mol. The number of halogens is 3. The van der Waals surface area contributed by atoms with E-state index in [0.29, 0.717) is 5.82 Å². The molecule has 2 aromatic rings. The van der Waals surface area contributed by atoms with Crippen LogP contribution >= 0.6 is 0 Å². The number of alkyl halides is 3. The monoisotopic (exact) mass is 310 g/mol. The molecular formula is C14H13F3N4O. The summed E-state index contributed by atoms with van der Waals surface area (Å²) in [6, 6.07) is 1.76. The van der Waals surface area contributed by atoms with Gasteiger partial charge >= 0.3 is 6.18 Å². The molecule has 1 aliphatic rings. The number of nitrogens with zero attached hydrogens (tertiary/aromatic N) is 3. The minimum Gasteiger partial charge on any atom is -0.356 e. The lowest BCUT2D eigenvalue weighted by Gasteiger charge is -2.19. The third-order valence-corrected chi connectivity index (χ3v) is 3.58. The van der Waals surface area contributed by atoms with Gasteiger partial charge in [-0.2, -0.15) is 13.2 Å². The Balaban J connectivity index is 2.14. The van der Waals surface area contributed by atoms with Crippen LogP contribution in [-0.4, -0.2) is 28.0 Å². The predicted molar refractivity (Wildman–Crippen MR) is 74.5 cm³/mol. The minimum absolute atomic E-state index is 0.0222. The van der Waals surface area contributed by atoms with E-state index < -0.39 is 17.3 Å². The highest BCUT2D eigenvalue weighted by molar-refractivity contribution is 5.72. The number of nitrogens with one attached hydrogen (secondary N) is 1. The van der Waals surface area contributed by atoms with Crippen LogP contribution in [0.4, 0.5) is 19.0 Å². The lowest BCUT2D eigenvalue weighted by Crippen LogP contribution is -2.24. The third kappa shape index (κ3) is 2.68. The summed E-state index contributed by atoms with van der Waals surface area (Å²) < 4.78 is 38.5. The van der Waals surface area contributed by atoms with Crippen molar-refractivity contribution < 1.29 is 13.2 Å². The normalized spacial score (nSPS) is 15.3. The quantitative estimate of drug-likeness (QED) is 0.925. The number of pyridine rings is 1. The number of rotatable bonds is 2. The largest absolute Gasteiger partial charge is 0.416 e. The van der Waals surface area contributed by atoms with Crippen LogP contribution in [0.5, 0.6) is 0 Å². The van der Waals surface area contributed by atoms with Crippen molar-refractivity contribution in [3.63, 3.8) is 0 Å². The molecule has 3 rings (SSSR count). The van der Waals surface area contributed by atoms with Gasteiger partial charge in [-0.1, -0.05) is 0 Å². The van der Waals surface area contributed by atoms with Crippen LogP contribution in [0.3, 0.4) is 0 Å². The Bertz CT molecular complexity index is 735. The second kappa shape index (κ2) is 5.43. The number of H-pyrrole nitrogens is 1. The summed E-state index contributed by atoms with van der Waals surface area (Å²) in [5, 5.41) is 0. The maximum Gasteiger partial charge on any atom is 0.416 e. The van der Waals surface area contributed by atoms with Gasteiger partial charge in [-0.25, -0.2) is 4.98 Å². The smallest absolute Gasteiger partial charge is 0.356 e. The molecule has 0 aliphatic carbocycles. The Labute approximate surface area is 123 Å². The molecule has 1 saturated heterocycles. The Kier molecular flexibility index (Phi) is 3.59. The summed E-state index contributed by atoms with van der Waals surface area (Å²) in [6.07, 6.45) is -0.250. The van der Waals surface area contributed by atoms with E-state index in [-0.39, 0.29) is 11.3 Å². The first-order valence-electron chi connectivity index (χ1n) is 6.83. The van der Waals surface area contributed by atoms with Crippen molar-refractivity contribution in [2.75, 3.05) is 18.0 Å². The van der Waals surface area contributed by atoms with Gasteiger partial charge in [0, 0.05) is 19.3 Å². The van der Waals surface area contributed by atoms with Crippen LogP contribution < -0.4 is 10.5 Å². The van der Waals surface area contributed by atoms with Crippen molar-refractivity contribution in [3.8, 4) is 11.3 Å². The molecule has 3 heterocycles. The SMILES string of the molecule is O=c1[nH]cnc(N2CCCC2)c1-c1cc(C(F)(F)F)ccn1. The second-order valence-corrected chi connectivity index (χ2v) is 5.05. The summed E-state index contributed by atoms with van der Waals surface area (Å²) in [6.45, 7) is 1.45. The van der Waals surface area contributed by atoms with E-state index in [9.17, 15) is 18.0 Å². The highest BCUT2D eigenvalue weighted by atomic mass is 19.4. The van der Waals surface area contributed by atoms with Crippen LogP contribution in [0.25, 0.3) is 11.3 Å². The molecular weight excluding hydrogens is 297 g/mol. The molecule has 0 amide bonds. The molecule has 0 spiro atoms. The molecule has 0 unspecified atom stereocenters. The van der Waals surface area contributed by atoms with E-state index in [0.717, 1.165) is 44.3 Å². The minimum atomic E-state index is -4.49. The maximum absolute atomic E-state index is 12.8. The Morgan fingerprint density at radius 3 is 2.59 bits per heavy atom. The standard InChI is InChI=1S/C14H13F3N4O/c15-14(16,17)9-3-4-18-10(7-9)11-12(19-8-20-13(11)22)21-5-1-2-6-21/h3-4,7-8H,1-2,5-6H2,(H,19,20,22). The van der Waals surface area contributed by atoms with Gasteiger partial charge < -0.3 is 9.88 Å². The first-order chi connectivity index (χ1) is 10.5. The molecule has 2 aromatic heterocycles. The maximum atomic E-state index is 12.8. The van der Waals surface area contributed by atoms with Gasteiger partial charge in [0.1, 0.15) is 11.4 Å². The zero-order valence-corrected chi connectivity index (χ0v) is 11.5. The highest BCUT2D eigenvalue weighted by Gasteiger charge is 2.31. The average Bonchev–Trinajstić information content (AvgIpc) is 3.00. The number of hydrogen-bond acceptors (Lipinski definition) is 4. The first kappa shape index (κ1) is 14.6. The lowest BCUT2D eigenvalue weighted by atomic mass is 10.1. The van der Waals surface area contributed by atoms with Crippen molar-refractivity contribution >= 4 is 5.82 Å². The van der Waals surface area contributed by atoms with Gasteiger partial charge in [0.15, 0.2) is 0 Å². The molecule has 22 heavy (non-hydrogen) atoms. The van der Waals surface area contributed by atoms with Gasteiger partial charge in [-0.05, 0) is 25.0 Å². The molecule has 5 nitrogen and oxygen atoms in total. The topological polar surface area (TPSA) is 61.9 Å². The van der Waals surface area contributed by atoms with E-state index in [1.54, 1.807) is 0 Å². The third-order valence-electron chi connectivity index (χ3n) is 3.58. The molecule has 0 radical (unpaired) electrons. The van der Waals surface area contributed by atoms with E-state index in [4.69, 9.17) is 0 Å². The second-order valence-electron chi connectivity index (χ2n) is 5.05. The molecule has 1 fully saturated rings. The van der Waals surface area contributed by atoms with E-state index >= 15 is 0 Å². The fourth-order valence-corrected chi connectivity index (χ4v) is 2.53. The van der Waals surface area contributed by atoms with Crippen LogP contribution in [-0.2, 0) is 6.18 Å². The summed E-state index contributed by atoms with van der Waals surface area (Å²) >= 11 is 0. The Morgan fingerprint density at radius 2 is 1.91 bits per heavy atom. The Hall–Kier alpha value is -2.38. The molecule has 0 saturated carbocycles. The lowest BCUT2D eigenvalue weighted by molar-refractivity contribution is -0.137. The van der Waals surface area contributed by atoms with E-state index in [1.165, 1.54) is 6.33 Å². The molecule has 1 N–H and O–H groups in total.